The molecule has 460 valence electrons. The smallest absolute Gasteiger partial charge is 0.305 e. The molecule has 1 saturated heterocycles. The van der Waals surface area contributed by atoms with E-state index in [1.807, 2.05) is 6.08 Å². The number of amides is 1. The monoisotopic (exact) mass is 1110 g/mol. The molecule has 6 N–H and O–H groups in total. The van der Waals surface area contributed by atoms with Crippen LogP contribution in [0.5, 0.6) is 0 Å². The van der Waals surface area contributed by atoms with Crippen molar-refractivity contribution in [3.8, 4) is 0 Å². The molecule has 0 aromatic heterocycles. The summed E-state index contributed by atoms with van der Waals surface area (Å²) in [6.45, 7) is 4.26. The SMILES string of the molecule is CCCCC/C=C/CC/C=C/C(O)C(COC1OC(CO)C(O)C(O)C1O)NC(=O)CCCCCCCCCC/C=C\CCCCCCCCCCCCCCOC(=O)CCCCCCCCC/C=C\C/C=C\CCCCCC. The van der Waals surface area contributed by atoms with Crippen LogP contribution in [0.3, 0.4) is 0 Å². The summed E-state index contributed by atoms with van der Waals surface area (Å²) < 4.78 is 16.7. The predicted molar refractivity (Wildman–Crippen MR) is 329 cm³/mol. The summed E-state index contributed by atoms with van der Waals surface area (Å²) in [6.07, 6.45) is 65.0. The van der Waals surface area contributed by atoms with Crippen LogP contribution >= 0.6 is 0 Å². The number of nitrogens with one attached hydrogen (secondary N) is 1. The summed E-state index contributed by atoms with van der Waals surface area (Å²) in [5, 5.41) is 54.2. The van der Waals surface area contributed by atoms with Gasteiger partial charge in [-0.2, -0.15) is 0 Å². The molecule has 11 nitrogen and oxygen atoms in total. The maximum absolute atomic E-state index is 13.0. The van der Waals surface area contributed by atoms with E-state index in [9.17, 15) is 35.1 Å². The lowest BCUT2D eigenvalue weighted by atomic mass is 9.99. The molecule has 11 heteroatoms. The van der Waals surface area contributed by atoms with E-state index in [2.05, 4.69) is 67.8 Å². The number of carbonyl (C=O) groups is 2. The van der Waals surface area contributed by atoms with E-state index >= 15 is 0 Å². The molecule has 0 saturated carbocycles. The van der Waals surface area contributed by atoms with E-state index in [-0.39, 0.29) is 18.5 Å². The van der Waals surface area contributed by atoms with E-state index in [1.54, 1.807) is 6.08 Å². The van der Waals surface area contributed by atoms with Crippen molar-refractivity contribution in [2.75, 3.05) is 19.8 Å². The first-order valence-corrected chi connectivity index (χ1v) is 33.1. The Balaban J connectivity index is 1.96. The zero-order valence-electron chi connectivity index (χ0n) is 50.8. The zero-order valence-corrected chi connectivity index (χ0v) is 50.8. The van der Waals surface area contributed by atoms with Gasteiger partial charge in [-0.25, -0.2) is 0 Å². The van der Waals surface area contributed by atoms with Crippen molar-refractivity contribution in [3.63, 3.8) is 0 Å². The van der Waals surface area contributed by atoms with Crippen molar-refractivity contribution < 1.29 is 49.3 Å². The molecule has 0 aliphatic carbocycles. The molecule has 0 aromatic carbocycles. The fourth-order valence-electron chi connectivity index (χ4n) is 10.1. The molecule has 0 bridgehead atoms. The first kappa shape index (κ1) is 74.4. The number of esters is 1. The Kier molecular flexibility index (Phi) is 53.8. The molecular formula is C68H123NO10. The Bertz CT molecular complexity index is 1500. The van der Waals surface area contributed by atoms with E-state index in [1.165, 1.54) is 193 Å². The van der Waals surface area contributed by atoms with E-state index in [4.69, 9.17) is 14.2 Å². The summed E-state index contributed by atoms with van der Waals surface area (Å²) in [6, 6.07) is -0.831. The summed E-state index contributed by atoms with van der Waals surface area (Å²) in [4.78, 5) is 25.1. The van der Waals surface area contributed by atoms with Crippen molar-refractivity contribution in [2.45, 2.75) is 339 Å². The highest BCUT2D eigenvalue weighted by molar-refractivity contribution is 5.76. The normalized spacial score (nSPS) is 18.8. The Morgan fingerprint density at radius 1 is 0.468 bits per heavy atom. The summed E-state index contributed by atoms with van der Waals surface area (Å²) >= 11 is 0. The van der Waals surface area contributed by atoms with E-state index < -0.39 is 49.5 Å². The fourth-order valence-corrected chi connectivity index (χ4v) is 10.1. The van der Waals surface area contributed by atoms with Gasteiger partial charge in [-0.3, -0.25) is 9.59 Å². The number of hydrogen-bond acceptors (Lipinski definition) is 10. The van der Waals surface area contributed by atoms with Gasteiger partial charge < -0.3 is 45.1 Å². The number of hydrogen-bond donors (Lipinski definition) is 6. The van der Waals surface area contributed by atoms with Gasteiger partial charge in [0, 0.05) is 12.8 Å². The zero-order chi connectivity index (χ0) is 57.3. The maximum Gasteiger partial charge on any atom is 0.305 e. The van der Waals surface area contributed by atoms with E-state index in [0.717, 1.165) is 77.0 Å². The minimum atomic E-state index is -1.58. The molecule has 0 spiro atoms. The Morgan fingerprint density at radius 3 is 1.35 bits per heavy atom. The molecule has 1 fully saturated rings. The van der Waals surface area contributed by atoms with Crippen LogP contribution in [0.2, 0.25) is 0 Å². The van der Waals surface area contributed by atoms with Gasteiger partial charge in [-0.05, 0) is 103 Å². The summed E-state index contributed by atoms with van der Waals surface area (Å²) in [5.41, 5.74) is 0. The first-order valence-electron chi connectivity index (χ1n) is 33.1. The average molecular weight is 1110 g/mol. The van der Waals surface area contributed by atoms with Crippen molar-refractivity contribution in [1.82, 2.24) is 5.32 Å². The third kappa shape index (κ3) is 46.5. The van der Waals surface area contributed by atoms with Crippen LogP contribution in [0.4, 0.5) is 0 Å². The van der Waals surface area contributed by atoms with Crippen LogP contribution in [0.15, 0.2) is 60.8 Å². The Labute approximate surface area is 484 Å². The highest BCUT2D eigenvalue weighted by atomic mass is 16.7. The van der Waals surface area contributed by atoms with Crippen LogP contribution in [0, 0.1) is 0 Å². The minimum absolute atomic E-state index is 0.00690. The third-order valence-electron chi connectivity index (χ3n) is 15.3. The topological polar surface area (TPSA) is 175 Å². The average Bonchev–Trinajstić information content (AvgIpc) is 3.46. The molecule has 1 aliphatic rings. The number of aliphatic hydroxyl groups excluding tert-OH is 5. The van der Waals surface area contributed by atoms with Gasteiger partial charge in [-0.15, -0.1) is 0 Å². The van der Waals surface area contributed by atoms with Crippen LogP contribution < -0.4 is 5.32 Å². The second kappa shape index (κ2) is 57.2. The first-order chi connectivity index (χ1) is 38.7. The van der Waals surface area contributed by atoms with Crippen LogP contribution in [0.1, 0.15) is 296 Å². The van der Waals surface area contributed by atoms with Crippen molar-refractivity contribution in [3.05, 3.63) is 60.8 Å². The molecule has 7 atom stereocenters. The van der Waals surface area contributed by atoms with Gasteiger partial charge in [0.2, 0.25) is 5.91 Å². The lowest BCUT2D eigenvalue weighted by Gasteiger charge is -2.40. The third-order valence-corrected chi connectivity index (χ3v) is 15.3. The van der Waals surface area contributed by atoms with E-state index in [0.29, 0.717) is 19.4 Å². The lowest BCUT2D eigenvalue weighted by molar-refractivity contribution is -0.302. The van der Waals surface area contributed by atoms with Gasteiger partial charge in [0.15, 0.2) is 6.29 Å². The quantitative estimate of drug-likeness (QED) is 0.0195. The number of ether oxygens (including phenoxy) is 3. The largest absolute Gasteiger partial charge is 0.466 e. The van der Waals surface area contributed by atoms with Gasteiger partial charge in [-0.1, -0.05) is 242 Å². The van der Waals surface area contributed by atoms with Crippen LogP contribution in [-0.2, 0) is 23.8 Å². The van der Waals surface area contributed by atoms with Crippen molar-refractivity contribution in [1.29, 1.82) is 0 Å². The fraction of sp³-hybridized carbons (Fsp3) is 0.824. The number of carbonyl (C=O) groups excluding carboxylic acids is 2. The number of aliphatic hydroxyl groups is 5. The highest BCUT2D eigenvalue weighted by Gasteiger charge is 2.44. The van der Waals surface area contributed by atoms with Gasteiger partial charge in [0.1, 0.15) is 24.4 Å². The van der Waals surface area contributed by atoms with Crippen LogP contribution in [0.25, 0.3) is 0 Å². The second-order valence-corrected chi connectivity index (χ2v) is 22.8. The Hall–Kier alpha value is -2.64. The number of unbranched alkanes of at least 4 members (excludes halogenated alkanes) is 35. The number of allylic oxidation sites excluding steroid dienone is 9. The summed E-state index contributed by atoms with van der Waals surface area (Å²) in [5.74, 6) is -0.206. The second-order valence-electron chi connectivity index (χ2n) is 22.8. The predicted octanol–water partition coefficient (Wildman–Crippen LogP) is 16.2. The molecule has 1 heterocycles. The standard InChI is InChI=1S/C68H123NO10/c1-3-5-7-9-11-13-14-15-16-17-27-30-33-36-40-44-48-52-56-64(73)77-57-53-49-45-41-37-34-31-28-25-23-21-19-18-20-22-24-26-29-32-35-39-43-47-51-55-63(72)69-60(61(71)54-50-46-42-38-12-10-8-6-4-2)59-78-68-67(76)66(75)65(74)62(58-70)79-68/h12-14,16-17,20,22,38,50,54,60-62,65-68,70-71,74-76H,3-11,15,18-19,21,23-37,39-49,51-53,55-59H2,1-2H3,(H,69,72)/b14-13-,17-16-,22-20-,38-12+,54-50+. The number of rotatable bonds is 57. The van der Waals surface area contributed by atoms with Gasteiger partial charge >= 0.3 is 5.97 Å². The molecule has 79 heavy (non-hydrogen) atoms. The molecule has 1 aliphatic heterocycles. The van der Waals surface area contributed by atoms with Crippen molar-refractivity contribution >= 4 is 11.9 Å². The van der Waals surface area contributed by atoms with Gasteiger partial charge in [0.25, 0.3) is 0 Å². The molecule has 0 radical (unpaired) electrons. The molecular weight excluding hydrogens is 991 g/mol. The Morgan fingerprint density at radius 2 is 0.861 bits per heavy atom. The van der Waals surface area contributed by atoms with Gasteiger partial charge in [0.05, 0.1) is 32.0 Å². The maximum atomic E-state index is 13.0. The highest BCUT2D eigenvalue weighted by Crippen LogP contribution is 2.23. The minimum Gasteiger partial charge on any atom is -0.466 e. The lowest BCUT2D eigenvalue weighted by Crippen LogP contribution is -2.60. The van der Waals surface area contributed by atoms with Crippen LogP contribution in [-0.4, -0.2) is 100 Å². The molecule has 1 rings (SSSR count). The molecule has 1 amide bonds. The van der Waals surface area contributed by atoms with Crippen molar-refractivity contribution in [2.24, 2.45) is 0 Å². The molecule has 7 unspecified atom stereocenters. The molecule has 0 aromatic rings. The summed E-state index contributed by atoms with van der Waals surface area (Å²) in [7, 11) is 0.